The summed E-state index contributed by atoms with van der Waals surface area (Å²) in [6.45, 7) is 0.354. The first-order valence-electron chi connectivity index (χ1n) is 12.8. The van der Waals surface area contributed by atoms with Crippen LogP contribution in [-0.4, -0.2) is 56.9 Å². The molecule has 1 aliphatic heterocycles. The smallest absolute Gasteiger partial charge is 0.266 e. The van der Waals surface area contributed by atoms with Gasteiger partial charge in [0, 0.05) is 48.2 Å². The van der Waals surface area contributed by atoms with Crippen molar-refractivity contribution in [1.82, 2.24) is 10.9 Å². The maximum atomic E-state index is 13.8. The number of sulfone groups is 1. The molecule has 0 unspecified atom stereocenters. The number of benzene rings is 3. The van der Waals surface area contributed by atoms with E-state index in [0.29, 0.717) is 29.9 Å². The number of hydrogen-bond acceptors (Lipinski definition) is 9. The van der Waals surface area contributed by atoms with Crippen molar-refractivity contribution in [3.63, 3.8) is 0 Å². The average molecular weight is 579 g/mol. The van der Waals surface area contributed by atoms with Gasteiger partial charge >= 0.3 is 0 Å². The van der Waals surface area contributed by atoms with Gasteiger partial charge in [-0.2, -0.15) is 0 Å². The maximum absolute atomic E-state index is 13.8. The number of aliphatic hydroxyl groups is 1. The van der Waals surface area contributed by atoms with Gasteiger partial charge in [0.25, 0.3) is 5.91 Å². The van der Waals surface area contributed by atoms with Gasteiger partial charge in [0.15, 0.2) is 21.5 Å². The number of ether oxygens (including phenoxy) is 2. The molecule has 1 heterocycles. The van der Waals surface area contributed by atoms with Crippen LogP contribution in [0.4, 0.5) is 5.69 Å². The first kappa shape index (κ1) is 29.6. The van der Waals surface area contributed by atoms with Crippen molar-refractivity contribution in [3.05, 3.63) is 100 Å². The van der Waals surface area contributed by atoms with Gasteiger partial charge in [-0.1, -0.05) is 47.6 Å². The van der Waals surface area contributed by atoms with Crippen molar-refractivity contribution in [1.29, 1.82) is 0 Å². The van der Waals surface area contributed by atoms with Gasteiger partial charge in [0.1, 0.15) is 5.75 Å². The predicted molar refractivity (Wildman–Crippen MR) is 152 cm³/mol. The van der Waals surface area contributed by atoms with Crippen LogP contribution in [0.3, 0.4) is 0 Å². The van der Waals surface area contributed by atoms with Gasteiger partial charge in [0.2, 0.25) is 5.90 Å². The molecule has 0 saturated carbocycles. The second-order valence-corrected chi connectivity index (χ2v) is 11.2. The van der Waals surface area contributed by atoms with Crippen molar-refractivity contribution < 1.29 is 27.8 Å². The van der Waals surface area contributed by atoms with Gasteiger partial charge in [0.05, 0.1) is 17.3 Å². The Morgan fingerprint density at radius 2 is 1.83 bits per heavy atom. The van der Waals surface area contributed by atoms with Gasteiger partial charge in [-0.15, -0.1) is 0 Å². The number of hydrogen-bond donors (Lipinski definition) is 3. The lowest BCUT2D eigenvalue weighted by Gasteiger charge is -2.31. The summed E-state index contributed by atoms with van der Waals surface area (Å²) in [5, 5.41) is 12.8. The summed E-state index contributed by atoms with van der Waals surface area (Å²) in [6.07, 6.45) is -0.878. The molecule has 13 heteroatoms. The summed E-state index contributed by atoms with van der Waals surface area (Å²) >= 11 is 0. The second kappa shape index (κ2) is 13.3. The zero-order chi connectivity index (χ0) is 29.3. The highest BCUT2D eigenvalue weighted by molar-refractivity contribution is 7.91. The second-order valence-electron chi connectivity index (χ2n) is 9.12. The van der Waals surface area contributed by atoms with Crippen LogP contribution in [0.2, 0.25) is 0 Å². The lowest BCUT2D eigenvalue weighted by atomic mass is 9.84. The van der Waals surface area contributed by atoms with Crippen LogP contribution >= 0.6 is 0 Å². The van der Waals surface area contributed by atoms with E-state index < -0.39 is 33.1 Å². The summed E-state index contributed by atoms with van der Waals surface area (Å²) in [5.74, 6) is -0.357. The van der Waals surface area contributed by atoms with Crippen LogP contribution < -0.4 is 15.6 Å². The molecule has 0 bridgehead atoms. The normalized spacial score (nSPS) is 18.1. The average Bonchev–Trinajstić information content (AvgIpc) is 3.38. The molecule has 3 aromatic carbocycles. The minimum atomic E-state index is -3.80. The summed E-state index contributed by atoms with van der Waals surface area (Å²) in [6, 6.07) is 21.4. The quantitative estimate of drug-likeness (QED) is 0.0909. The third-order valence-electron chi connectivity index (χ3n) is 6.49. The fraction of sp³-hybridized carbons (Fsp3) is 0.286. The summed E-state index contributed by atoms with van der Waals surface area (Å²) < 4.78 is 38.5. The fourth-order valence-electron chi connectivity index (χ4n) is 4.45. The van der Waals surface area contributed by atoms with Gasteiger partial charge in [-0.25, -0.2) is 18.8 Å². The molecule has 12 nitrogen and oxygen atoms in total. The number of carbonyl (C=O) groups excluding carboxylic acids is 1. The fourth-order valence-corrected chi connectivity index (χ4v) is 5.84. The van der Waals surface area contributed by atoms with Crippen LogP contribution in [0.5, 0.6) is 5.75 Å². The molecule has 0 aromatic heterocycles. The number of amides is 1. The van der Waals surface area contributed by atoms with Crippen molar-refractivity contribution >= 4 is 27.3 Å². The molecule has 0 fully saturated rings. The summed E-state index contributed by atoms with van der Waals surface area (Å²) in [7, 11) is -2.30. The predicted octanol–water partition coefficient (Wildman–Crippen LogP) is 3.76. The van der Waals surface area contributed by atoms with E-state index in [0.717, 1.165) is 0 Å². The largest absolute Gasteiger partial charge is 0.494 e. The number of aliphatic imine (C=N–C) groups is 1. The Kier molecular flexibility index (Phi) is 9.58. The van der Waals surface area contributed by atoms with Crippen LogP contribution in [-0.2, 0) is 19.4 Å². The SMILES string of the molecule is CNNC(=O)[C@@]1(CCS(=O)(=O)c2ccccc2)N=C(c2ccc(OCCCO)cc2)O[C@H]1c1ccccc1N=[N+]=[N-]. The zero-order valence-electron chi connectivity index (χ0n) is 22.3. The molecule has 0 spiro atoms. The van der Waals surface area contributed by atoms with E-state index in [9.17, 15) is 18.7 Å². The van der Waals surface area contributed by atoms with E-state index in [1.54, 1.807) is 66.7 Å². The molecular formula is C28H30N6O6S. The molecule has 1 amide bonds. The lowest BCUT2D eigenvalue weighted by Crippen LogP contribution is -2.52. The molecule has 0 aliphatic carbocycles. The summed E-state index contributed by atoms with van der Waals surface area (Å²) in [4.78, 5) is 21.5. The number of aliphatic hydroxyl groups excluding tert-OH is 1. The highest BCUT2D eigenvalue weighted by atomic mass is 32.2. The standard InChI is InChI=1S/C28H30N6O6S/c1-30-33-27(36)28(16-19-41(37,38)22-8-3-2-4-9-22)25(23-10-5-6-11-24(23)32-34-29)40-26(31-28)20-12-14-21(15-13-20)39-18-7-17-35/h2-6,8-15,25,30,35H,7,16-19H2,1H3,(H,33,36)/t25-,28-/m0/s1. The van der Waals surface area contributed by atoms with Gasteiger partial charge in [-0.05, 0) is 41.9 Å². The molecule has 4 rings (SSSR count). The first-order valence-corrected chi connectivity index (χ1v) is 14.5. The minimum absolute atomic E-state index is 0.0121. The third kappa shape index (κ3) is 6.67. The Morgan fingerprint density at radius 3 is 2.51 bits per heavy atom. The van der Waals surface area contributed by atoms with Gasteiger partial charge < -0.3 is 14.6 Å². The van der Waals surface area contributed by atoms with E-state index in [-0.39, 0.29) is 29.5 Å². The number of rotatable bonds is 13. The minimum Gasteiger partial charge on any atom is -0.494 e. The Labute approximate surface area is 237 Å². The van der Waals surface area contributed by atoms with Crippen LogP contribution in [0.15, 0.2) is 93.9 Å². The van der Waals surface area contributed by atoms with Crippen LogP contribution in [0.1, 0.15) is 30.1 Å². The van der Waals surface area contributed by atoms with Crippen LogP contribution in [0.25, 0.3) is 10.4 Å². The van der Waals surface area contributed by atoms with Gasteiger partial charge in [-0.3, -0.25) is 10.2 Å². The Bertz CT molecular complexity index is 1540. The highest BCUT2D eigenvalue weighted by Gasteiger charge is 2.54. The van der Waals surface area contributed by atoms with Crippen molar-refractivity contribution in [3.8, 4) is 5.75 Å². The molecule has 2 atom stereocenters. The van der Waals surface area contributed by atoms with Crippen molar-refractivity contribution in [2.75, 3.05) is 26.0 Å². The number of azide groups is 1. The van der Waals surface area contributed by atoms with Crippen LogP contribution in [0, 0.1) is 0 Å². The molecule has 3 N–H and O–H groups in total. The number of nitrogens with one attached hydrogen (secondary N) is 2. The highest BCUT2D eigenvalue weighted by Crippen LogP contribution is 2.45. The molecule has 1 aliphatic rings. The van der Waals surface area contributed by atoms with E-state index >= 15 is 0 Å². The monoisotopic (exact) mass is 578 g/mol. The topological polar surface area (TPSA) is 175 Å². The molecule has 0 radical (unpaired) electrons. The molecule has 3 aromatic rings. The van der Waals surface area contributed by atoms with E-state index in [4.69, 9.17) is 19.6 Å². The zero-order valence-corrected chi connectivity index (χ0v) is 23.1. The van der Waals surface area contributed by atoms with E-state index in [2.05, 4.69) is 20.9 Å². The molecule has 0 saturated heterocycles. The first-order chi connectivity index (χ1) is 19.8. The van der Waals surface area contributed by atoms with E-state index in [1.807, 2.05) is 0 Å². The third-order valence-corrected chi connectivity index (χ3v) is 8.23. The molecule has 214 valence electrons. The van der Waals surface area contributed by atoms with Crippen molar-refractivity contribution in [2.45, 2.75) is 29.4 Å². The van der Waals surface area contributed by atoms with Crippen molar-refractivity contribution in [2.24, 2.45) is 10.1 Å². The lowest BCUT2D eigenvalue weighted by molar-refractivity contribution is -0.129. The number of nitrogens with zero attached hydrogens (tertiary/aromatic N) is 4. The Hall–Kier alpha value is -4.42. The Morgan fingerprint density at radius 1 is 1.12 bits per heavy atom. The maximum Gasteiger partial charge on any atom is 0.266 e. The molecule has 41 heavy (non-hydrogen) atoms. The Balaban J connectivity index is 1.80. The van der Waals surface area contributed by atoms with E-state index in [1.165, 1.54) is 19.2 Å². The summed E-state index contributed by atoms with van der Waals surface area (Å²) in [5.41, 5.74) is 13.7. The number of carbonyl (C=O) groups is 1. The number of hydrazine groups is 1. The molecular weight excluding hydrogens is 548 g/mol.